The minimum Gasteiger partial charge on any atom is -0.390 e. The Bertz CT molecular complexity index is 952. The second-order valence-electron chi connectivity index (χ2n) is 5.03. The monoisotopic (exact) mass is 321 g/mol. The van der Waals surface area contributed by atoms with Crippen molar-refractivity contribution in [2.75, 3.05) is 12.0 Å². The van der Waals surface area contributed by atoms with Crippen LogP contribution in [-0.2, 0) is 16.9 Å². The molecule has 0 atom stereocenters. The van der Waals surface area contributed by atoms with Crippen LogP contribution in [-0.4, -0.2) is 24.2 Å². The smallest absolute Gasteiger partial charge is 0.177 e. The van der Waals surface area contributed by atoms with Gasteiger partial charge in [-0.2, -0.15) is 0 Å². The molecule has 0 fully saturated rings. The summed E-state index contributed by atoms with van der Waals surface area (Å²) in [4.78, 5) is 5.87. The average Bonchev–Trinajstić information content (AvgIpc) is 2.88. The molecule has 0 radical (unpaired) electrons. The van der Waals surface area contributed by atoms with Crippen LogP contribution in [0.1, 0.15) is 4.88 Å². The number of hydrogen-bond donors (Lipinski definition) is 1. The summed E-state index contributed by atoms with van der Waals surface area (Å²) < 4.78 is 25.7. The van der Waals surface area contributed by atoms with E-state index in [1.165, 1.54) is 17.6 Å². The van der Waals surface area contributed by atoms with Crippen LogP contribution >= 0.6 is 11.3 Å². The van der Waals surface area contributed by atoms with E-state index in [0.717, 1.165) is 16.0 Å². The number of sulfone groups is 1. The number of aryl methyl sites for hydroxylation is 2. The quantitative estimate of drug-likeness (QED) is 0.787. The predicted octanol–water partition coefficient (Wildman–Crippen LogP) is 2.60. The molecule has 0 bridgehead atoms. The second-order valence-corrected chi connectivity index (χ2v) is 8.30. The molecule has 3 rings (SSSR count). The minimum absolute atomic E-state index is 0.243. The van der Waals surface area contributed by atoms with Gasteiger partial charge in [-0.3, -0.25) is 0 Å². The number of anilines is 1. The lowest BCUT2D eigenvalue weighted by atomic mass is 10.3. The van der Waals surface area contributed by atoms with Crippen molar-refractivity contribution in [1.82, 2.24) is 9.55 Å². The van der Waals surface area contributed by atoms with Gasteiger partial charge in [0.25, 0.3) is 0 Å². The average molecular weight is 321 g/mol. The Kier molecular flexibility index (Phi) is 3.07. The predicted molar refractivity (Wildman–Crippen MR) is 86.3 cm³/mol. The maximum Gasteiger partial charge on any atom is 0.177 e. The molecule has 2 aromatic heterocycles. The number of para-hydroxylation sites is 1. The topological polar surface area (TPSA) is 78.0 Å². The zero-order valence-electron chi connectivity index (χ0n) is 11.9. The van der Waals surface area contributed by atoms with Crippen molar-refractivity contribution >= 4 is 37.2 Å². The fraction of sp³-hybridized carbons (Fsp3) is 0.214. The normalized spacial score (nSPS) is 12.1. The van der Waals surface area contributed by atoms with Gasteiger partial charge in [-0.15, -0.1) is 11.3 Å². The lowest BCUT2D eigenvalue weighted by Crippen LogP contribution is -1.98. The molecule has 0 amide bonds. The van der Waals surface area contributed by atoms with E-state index in [0.29, 0.717) is 16.3 Å². The van der Waals surface area contributed by atoms with Gasteiger partial charge in [-0.1, -0.05) is 6.07 Å². The first-order valence-corrected chi connectivity index (χ1v) is 9.01. The standard InChI is InChI=1S/C14H15N3O2S2/c1-8-7-9(13(15)20-8)14-16-12-10(17(14)2)5-4-6-11(12)21(3,18)19/h4-7H,15H2,1-3H3. The van der Waals surface area contributed by atoms with Gasteiger partial charge in [0.2, 0.25) is 0 Å². The number of imidazole rings is 1. The Morgan fingerprint density at radius 1 is 1.33 bits per heavy atom. The Hall–Kier alpha value is -1.86. The summed E-state index contributed by atoms with van der Waals surface area (Å²) in [6.07, 6.45) is 1.19. The molecule has 0 aliphatic rings. The third kappa shape index (κ3) is 2.22. The van der Waals surface area contributed by atoms with Gasteiger partial charge in [-0.25, -0.2) is 13.4 Å². The van der Waals surface area contributed by atoms with Crippen molar-refractivity contribution in [3.8, 4) is 11.4 Å². The molecule has 0 unspecified atom stereocenters. The van der Waals surface area contributed by atoms with E-state index in [-0.39, 0.29) is 4.90 Å². The molecule has 5 nitrogen and oxygen atoms in total. The summed E-state index contributed by atoms with van der Waals surface area (Å²) in [6.45, 7) is 1.98. The lowest BCUT2D eigenvalue weighted by molar-refractivity contribution is 0.602. The SMILES string of the molecule is Cc1cc(-c2nc3c(S(C)(=O)=O)cccc3n2C)c(N)s1. The molecule has 0 spiro atoms. The first-order chi connectivity index (χ1) is 9.79. The van der Waals surface area contributed by atoms with E-state index in [1.807, 2.05) is 30.7 Å². The zero-order chi connectivity index (χ0) is 15.4. The molecule has 2 N–H and O–H groups in total. The molecular formula is C14H15N3O2S2. The van der Waals surface area contributed by atoms with Gasteiger partial charge in [0.1, 0.15) is 11.3 Å². The van der Waals surface area contributed by atoms with Crippen LogP contribution in [0, 0.1) is 6.92 Å². The highest BCUT2D eigenvalue weighted by Crippen LogP contribution is 2.35. The lowest BCUT2D eigenvalue weighted by Gasteiger charge is -2.01. The Labute approximate surface area is 127 Å². The number of nitrogens with two attached hydrogens (primary N) is 1. The van der Waals surface area contributed by atoms with E-state index < -0.39 is 9.84 Å². The van der Waals surface area contributed by atoms with Crippen molar-refractivity contribution in [2.24, 2.45) is 7.05 Å². The Morgan fingerprint density at radius 3 is 2.62 bits per heavy atom. The largest absolute Gasteiger partial charge is 0.390 e. The van der Waals surface area contributed by atoms with E-state index in [2.05, 4.69) is 4.98 Å². The number of nitrogen functional groups attached to an aromatic ring is 1. The molecule has 0 saturated carbocycles. The molecular weight excluding hydrogens is 306 g/mol. The summed E-state index contributed by atoms with van der Waals surface area (Å²) in [5, 5.41) is 0.687. The van der Waals surface area contributed by atoms with Gasteiger partial charge in [-0.05, 0) is 25.1 Å². The molecule has 0 aliphatic carbocycles. The molecule has 3 aromatic rings. The van der Waals surface area contributed by atoms with Crippen molar-refractivity contribution in [3.63, 3.8) is 0 Å². The fourth-order valence-electron chi connectivity index (χ4n) is 2.44. The van der Waals surface area contributed by atoms with Crippen molar-refractivity contribution in [1.29, 1.82) is 0 Å². The fourth-order valence-corrected chi connectivity index (χ4v) is 4.05. The van der Waals surface area contributed by atoms with Crippen molar-refractivity contribution < 1.29 is 8.42 Å². The Morgan fingerprint density at radius 2 is 2.05 bits per heavy atom. The van der Waals surface area contributed by atoms with E-state index in [1.54, 1.807) is 12.1 Å². The highest BCUT2D eigenvalue weighted by Gasteiger charge is 2.19. The van der Waals surface area contributed by atoms with Crippen LogP contribution in [0.4, 0.5) is 5.00 Å². The maximum absolute atomic E-state index is 11.9. The summed E-state index contributed by atoms with van der Waals surface area (Å²) in [5.74, 6) is 0.683. The summed E-state index contributed by atoms with van der Waals surface area (Å²) in [5.41, 5.74) is 8.14. The number of nitrogens with zero attached hydrogens (tertiary/aromatic N) is 2. The third-order valence-electron chi connectivity index (χ3n) is 3.40. The van der Waals surface area contributed by atoms with Gasteiger partial charge in [0, 0.05) is 18.2 Å². The van der Waals surface area contributed by atoms with Crippen LogP contribution in [0.3, 0.4) is 0 Å². The van der Waals surface area contributed by atoms with Gasteiger partial charge < -0.3 is 10.3 Å². The van der Waals surface area contributed by atoms with Crippen molar-refractivity contribution in [2.45, 2.75) is 11.8 Å². The van der Waals surface area contributed by atoms with Gasteiger partial charge in [0.05, 0.1) is 21.0 Å². The van der Waals surface area contributed by atoms with Crippen molar-refractivity contribution in [3.05, 3.63) is 29.1 Å². The first kappa shape index (κ1) is 14.1. The van der Waals surface area contributed by atoms with Gasteiger partial charge >= 0.3 is 0 Å². The van der Waals surface area contributed by atoms with Crippen LogP contribution in [0.5, 0.6) is 0 Å². The van der Waals surface area contributed by atoms with Crippen LogP contribution < -0.4 is 5.73 Å². The van der Waals surface area contributed by atoms with Gasteiger partial charge in [0.15, 0.2) is 9.84 Å². The number of fused-ring (bicyclic) bond motifs is 1. The molecule has 7 heteroatoms. The molecule has 2 heterocycles. The summed E-state index contributed by atoms with van der Waals surface area (Å²) in [6, 6.07) is 7.14. The molecule has 0 saturated heterocycles. The maximum atomic E-state index is 11.9. The molecule has 0 aliphatic heterocycles. The third-order valence-corrected chi connectivity index (χ3v) is 5.41. The number of thiophene rings is 1. The summed E-state index contributed by atoms with van der Waals surface area (Å²) in [7, 11) is -1.46. The highest BCUT2D eigenvalue weighted by atomic mass is 32.2. The highest BCUT2D eigenvalue weighted by molar-refractivity contribution is 7.91. The molecule has 21 heavy (non-hydrogen) atoms. The summed E-state index contributed by atoms with van der Waals surface area (Å²) >= 11 is 1.50. The number of benzene rings is 1. The molecule has 110 valence electrons. The second kappa shape index (κ2) is 4.57. The number of rotatable bonds is 2. The Balaban J connectivity index is 2.38. The number of aromatic nitrogens is 2. The van der Waals surface area contributed by atoms with Crippen LogP contribution in [0.15, 0.2) is 29.2 Å². The minimum atomic E-state index is -3.32. The first-order valence-electron chi connectivity index (χ1n) is 6.31. The van der Waals surface area contributed by atoms with E-state index in [4.69, 9.17) is 5.73 Å². The van der Waals surface area contributed by atoms with E-state index >= 15 is 0 Å². The van der Waals surface area contributed by atoms with Crippen LogP contribution in [0.25, 0.3) is 22.4 Å². The zero-order valence-corrected chi connectivity index (χ0v) is 13.5. The molecule has 1 aromatic carbocycles. The van der Waals surface area contributed by atoms with Crippen LogP contribution in [0.2, 0.25) is 0 Å². The van der Waals surface area contributed by atoms with E-state index in [9.17, 15) is 8.42 Å². The number of hydrogen-bond acceptors (Lipinski definition) is 5.